The van der Waals surface area contributed by atoms with E-state index in [-0.39, 0.29) is 11.9 Å². The van der Waals surface area contributed by atoms with Crippen molar-refractivity contribution in [2.45, 2.75) is 18.9 Å². The third kappa shape index (κ3) is 3.89. The van der Waals surface area contributed by atoms with Crippen LogP contribution < -0.4 is 4.72 Å². The molecule has 0 aromatic rings. The summed E-state index contributed by atoms with van der Waals surface area (Å²) in [6.07, 6.45) is 3.39. The Morgan fingerprint density at radius 3 is 2.92 bits per heavy atom. The highest BCUT2D eigenvalue weighted by molar-refractivity contribution is 7.89. The van der Waals surface area contributed by atoms with E-state index >= 15 is 0 Å². The highest BCUT2D eigenvalue weighted by atomic mass is 32.2. The summed E-state index contributed by atoms with van der Waals surface area (Å²) >= 11 is 0. The largest absolute Gasteiger partial charge is 0.377 e. The molecule has 76 valence electrons. The first-order valence-electron chi connectivity index (χ1n) is 4.34. The zero-order valence-corrected chi connectivity index (χ0v) is 8.35. The van der Waals surface area contributed by atoms with Gasteiger partial charge in [-0.3, -0.25) is 0 Å². The lowest BCUT2D eigenvalue weighted by Gasteiger charge is -2.09. The predicted octanol–water partition coefficient (Wildman–Crippen LogP) is 0.271. The fourth-order valence-corrected chi connectivity index (χ4v) is 2.11. The molecule has 0 spiro atoms. The third-order valence-corrected chi connectivity index (χ3v) is 3.17. The lowest BCUT2D eigenvalue weighted by Crippen LogP contribution is -2.32. The van der Waals surface area contributed by atoms with Crippen LogP contribution in [0.2, 0.25) is 0 Å². The van der Waals surface area contributed by atoms with E-state index in [0.29, 0.717) is 6.54 Å². The first kappa shape index (κ1) is 10.7. The molecule has 13 heavy (non-hydrogen) atoms. The molecule has 0 radical (unpaired) electrons. The second kappa shape index (κ2) is 4.74. The Labute approximate surface area is 79.0 Å². The van der Waals surface area contributed by atoms with Crippen molar-refractivity contribution in [3.8, 4) is 0 Å². The lowest BCUT2D eigenvalue weighted by atomic mass is 10.2. The van der Waals surface area contributed by atoms with Gasteiger partial charge in [0.15, 0.2) is 0 Å². The van der Waals surface area contributed by atoms with Crippen LogP contribution in [0.3, 0.4) is 0 Å². The lowest BCUT2D eigenvalue weighted by molar-refractivity contribution is 0.114. The molecule has 0 aromatic carbocycles. The van der Waals surface area contributed by atoms with Crippen LogP contribution in [0.15, 0.2) is 12.7 Å². The number of nitrogens with one attached hydrogen (secondary N) is 1. The molecule has 1 aliphatic rings. The van der Waals surface area contributed by atoms with Crippen LogP contribution in [0.25, 0.3) is 0 Å². The SMILES string of the molecule is C=CCS(=O)(=O)NCC1CCCO1. The molecule has 1 atom stereocenters. The van der Waals surface area contributed by atoms with Crippen LogP contribution in [0.5, 0.6) is 0 Å². The molecule has 1 unspecified atom stereocenters. The van der Waals surface area contributed by atoms with Gasteiger partial charge in [0, 0.05) is 13.2 Å². The van der Waals surface area contributed by atoms with Crippen LogP contribution in [-0.4, -0.2) is 33.4 Å². The van der Waals surface area contributed by atoms with E-state index in [1.54, 1.807) is 0 Å². The molecule has 0 bridgehead atoms. The molecule has 1 saturated heterocycles. The van der Waals surface area contributed by atoms with Gasteiger partial charge >= 0.3 is 0 Å². The number of hydrogen-bond acceptors (Lipinski definition) is 3. The Balaban J connectivity index is 2.28. The zero-order chi connectivity index (χ0) is 9.73. The predicted molar refractivity (Wildman–Crippen MR) is 51.0 cm³/mol. The third-order valence-electron chi connectivity index (χ3n) is 1.89. The topological polar surface area (TPSA) is 55.4 Å². The van der Waals surface area contributed by atoms with Crippen molar-refractivity contribution in [3.05, 3.63) is 12.7 Å². The Kier molecular flexibility index (Phi) is 3.90. The van der Waals surface area contributed by atoms with Crippen molar-refractivity contribution in [3.63, 3.8) is 0 Å². The van der Waals surface area contributed by atoms with E-state index < -0.39 is 10.0 Å². The van der Waals surface area contributed by atoms with Gasteiger partial charge in [0.2, 0.25) is 10.0 Å². The number of ether oxygens (including phenoxy) is 1. The first-order valence-corrected chi connectivity index (χ1v) is 5.99. The van der Waals surface area contributed by atoms with Gasteiger partial charge in [-0.2, -0.15) is 0 Å². The summed E-state index contributed by atoms with van der Waals surface area (Å²) in [4.78, 5) is 0. The average molecular weight is 205 g/mol. The van der Waals surface area contributed by atoms with Gasteiger partial charge in [-0.15, -0.1) is 6.58 Å². The second-order valence-electron chi connectivity index (χ2n) is 3.05. The molecule has 1 N–H and O–H groups in total. The molecular weight excluding hydrogens is 190 g/mol. The highest BCUT2D eigenvalue weighted by Gasteiger charge is 2.17. The smallest absolute Gasteiger partial charge is 0.215 e. The molecule has 1 heterocycles. The quantitative estimate of drug-likeness (QED) is 0.655. The number of rotatable bonds is 5. The maximum atomic E-state index is 11.1. The normalized spacial score (nSPS) is 23.2. The molecule has 4 nitrogen and oxygen atoms in total. The fraction of sp³-hybridized carbons (Fsp3) is 0.750. The van der Waals surface area contributed by atoms with E-state index in [1.807, 2.05) is 0 Å². The molecule has 0 saturated carbocycles. The van der Waals surface area contributed by atoms with Gasteiger partial charge in [0.1, 0.15) is 0 Å². The monoisotopic (exact) mass is 205 g/mol. The van der Waals surface area contributed by atoms with Crippen LogP contribution in [0.1, 0.15) is 12.8 Å². The van der Waals surface area contributed by atoms with E-state index in [0.717, 1.165) is 19.4 Å². The van der Waals surface area contributed by atoms with Gasteiger partial charge in [0.05, 0.1) is 11.9 Å². The van der Waals surface area contributed by atoms with Crippen molar-refractivity contribution in [1.82, 2.24) is 4.72 Å². The summed E-state index contributed by atoms with van der Waals surface area (Å²) in [5.41, 5.74) is 0. The van der Waals surface area contributed by atoms with Gasteiger partial charge in [-0.05, 0) is 12.8 Å². The van der Waals surface area contributed by atoms with Crippen molar-refractivity contribution in [2.75, 3.05) is 18.9 Å². The number of hydrogen-bond donors (Lipinski definition) is 1. The average Bonchev–Trinajstić information content (AvgIpc) is 2.52. The maximum absolute atomic E-state index is 11.1. The molecule has 0 amide bonds. The van der Waals surface area contributed by atoms with Crippen molar-refractivity contribution < 1.29 is 13.2 Å². The minimum Gasteiger partial charge on any atom is -0.377 e. The summed E-state index contributed by atoms with van der Waals surface area (Å²) in [6, 6.07) is 0. The first-order chi connectivity index (χ1) is 6.14. The standard InChI is InChI=1S/C8H15NO3S/c1-2-6-13(10,11)9-7-8-4-3-5-12-8/h2,8-9H,1,3-7H2. The van der Waals surface area contributed by atoms with Crippen molar-refractivity contribution >= 4 is 10.0 Å². The minimum atomic E-state index is -3.17. The summed E-state index contributed by atoms with van der Waals surface area (Å²) in [6.45, 7) is 4.50. The van der Waals surface area contributed by atoms with Crippen molar-refractivity contribution in [1.29, 1.82) is 0 Å². The molecule has 0 aliphatic carbocycles. The molecule has 1 rings (SSSR count). The maximum Gasteiger partial charge on any atom is 0.215 e. The fourth-order valence-electron chi connectivity index (χ4n) is 1.24. The zero-order valence-electron chi connectivity index (χ0n) is 7.53. The van der Waals surface area contributed by atoms with E-state index in [9.17, 15) is 8.42 Å². The van der Waals surface area contributed by atoms with Crippen LogP contribution in [0, 0.1) is 0 Å². The van der Waals surface area contributed by atoms with Gasteiger partial charge in [-0.25, -0.2) is 13.1 Å². The Morgan fingerprint density at radius 1 is 1.62 bits per heavy atom. The Hall–Kier alpha value is -0.390. The summed E-state index contributed by atoms with van der Waals surface area (Å²) in [7, 11) is -3.17. The minimum absolute atomic E-state index is 0.0281. The summed E-state index contributed by atoms with van der Waals surface area (Å²) < 4.78 is 30.1. The van der Waals surface area contributed by atoms with E-state index in [1.165, 1.54) is 6.08 Å². The van der Waals surface area contributed by atoms with E-state index in [4.69, 9.17) is 4.74 Å². The molecule has 0 aromatic heterocycles. The summed E-state index contributed by atoms with van der Waals surface area (Å²) in [5.74, 6) is -0.0281. The van der Waals surface area contributed by atoms with Crippen molar-refractivity contribution in [2.24, 2.45) is 0 Å². The molecule has 5 heteroatoms. The number of sulfonamides is 1. The Morgan fingerprint density at radius 2 is 2.38 bits per heavy atom. The summed E-state index contributed by atoms with van der Waals surface area (Å²) in [5, 5.41) is 0. The van der Waals surface area contributed by atoms with Gasteiger partial charge in [0.25, 0.3) is 0 Å². The second-order valence-corrected chi connectivity index (χ2v) is 4.91. The Bertz CT molecular complexity index is 255. The van der Waals surface area contributed by atoms with E-state index in [2.05, 4.69) is 11.3 Å². The van der Waals surface area contributed by atoms with Crippen LogP contribution >= 0.6 is 0 Å². The highest BCUT2D eigenvalue weighted by Crippen LogP contribution is 2.10. The van der Waals surface area contributed by atoms with Crippen LogP contribution in [0.4, 0.5) is 0 Å². The molecular formula is C8H15NO3S. The molecule has 1 aliphatic heterocycles. The van der Waals surface area contributed by atoms with Crippen LogP contribution in [-0.2, 0) is 14.8 Å². The van der Waals surface area contributed by atoms with Gasteiger partial charge in [-0.1, -0.05) is 6.08 Å². The molecule has 1 fully saturated rings. The van der Waals surface area contributed by atoms with Gasteiger partial charge < -0.3 is 4.74 Å².